The molecule has 82 valence electrons. The predicted octanol–water partition coefficient (Wildman–Crippen LogP) is 1.32. The minimum atomic E-state index is 0.135. The summed E-state index contributed by atoms with van der Waals surface area (Å²) in [5.41, 5.74) is 0.641. The van der Waals surface area contributed by atoms with Crippen LogP contribution in [0, 0.1) is 0 Å². The largest absolute Gasteiger partial charge is 0.506 e. The SMILES string of the molecule is NOCCc1c(O)c(Br)cc2c1OCO2. The molecule has 0 amide bonds. The molecule has 3 N–H and O–H groups in total. The Balaban J connectivity index is 2.41. The van der Waals surface area contributed by atoms with Crippen molar-refractivity contribution in [1.82, 2.24) is 0 Å². The molecule has 0 fully saturated rings. The summed E-state index contributed by atoms with van der Waals surface area (Å²) < 4.78 is 11.1. The predicted molar refractivity (Wildman–Crippen MR) is 55.8 cm³/mol. The van der Waals surface area contributed by atoms with E-state index in [2.05, 4.69) is 20.8 Å². The van der Waals surface area contributed by atoms with Gasteiger partial charge in [-0.15, -0.1) is 0 Å². The van der Waals surface area contributed by atoms with E-state index in [0.29, 0.717) is 34.6 Å². The molecule has 1 aromatic carbocycles. The molecule has 0 unspecified atom stereocenters. The molecular formula is C9H10BrNO4. The Morgan fingerprint density at radius 3 is 3.07 bits per heavy atom. The molecule has 5 nitrogen and oxygen atoms in total. The Bertz CT molecular complexity index is 383. The van der Waals surface area contributed by atoms with Crippen molar-refractivity contribution in [1.29, 1.82) is 0 Å². The molecule has 0 saturated carbocycles. The maximum atomic E-state index is 9.81. The van der Waals surface area contributed by atoms with Crippen LogP contribution in [-0.4, -0.2) is 18.5 Å². The number of ether oxygens (including phenoxy) is 2. The Labute approximate surface area is 94.8 Å². The van der Waals surface area contributed by atoms with Crippen molar-refractivity contribution in [3.8, 4) is 17.2 Å². The summed E-state index contributed by atoms with van der Waals surface area (Å²) in [6.07, 6.45) is 0.466. The van der Waals surface area contributed by atoms with Gasteiger partial charge in [0.05, 0.1) is 11.1 Å². The Hall–Kier alpha value is -0.980. The highest BCUT2D eigenvalue weighted by Gasteiger charge is 2.23. The van der Waals surface area contributed by atoms with Crippen LogP contribution < -0.4 is 15.4 Å². The molecule has 0 atom stereocenters. The average molecular weight is 276 g/mol. The van der Waals surface area contributed by atoms with Crippen LogP contribution in [0.2, 0.25) is 0 Å². The lowest BCUT2D eigenvalue weighted by molar-refractivity contribution is 0.139. The number of hydrogen-bond acceptors (Lipinski definition) is 5. The Morgan fingerprint density at radius 2 is 2.33 bits per heavy atom. The average Bonchev–Trinajstić information content (AvgIpc) is 2.66. The van der Waals surface area contributed by atoms with Crippen LogP contribution >= 0.6 is 15.9 Å². The number of hydrogen-bond donors (Lipinski definition) is 2. The van der Waals surface area contributed by atoms with Crippen LogP contribution in [0.1, 0.15) is 5.56 Å². The van der Waals surface area contributed by atoms with Crippen LogP contribution in [0.15, 0.2) is 10.5 Å². The fraction of sp³-hybridized carbons (Fsp3) is 0.333. The normalized spacial score (nSPS) is 13.2. The molecule has 0 spiro atoms. The third-order valence-electron chi connectivity index (χ3n) is 2.16. The second-order valence-corrected chi connectivity index (χ2v) is 3.89. The summed E-state index contributed by atoms with van der Waals surface area (Å²) in [7, 11) is 0. The molecule has 2 rings (SSSR count). The van der Waals surface area contributed by atoms with Crippen LogP contribution in [0.3, 0.4) is 0 Å². The lowest BCUT2D eigenvalue weighted by Crippen LogP contribution is -2.04. The van der Waals surface area contributed by atoms with E-state index >= 15 is 0 Å². The number of fused-ring (bicyclic) bond motifs is 1. The highest BCUT2D eigenvalue weighted by atomic mass is 79.9. The Kier molecular flexibility index (Phi) is 2.99. The first-order valence-electron chi connectivity index (χ1n) is 4.35. The van der Waals surface area contributed by atoms with Gasteiger partial charge in [0.15, 0.2) is 11.5 Å². The number of nitrogens with two attached hydrogens (primary N) is 1. The molecule has 0 saturated heterocycles. The first kappa shape index (κ1) is 10.5. The zero-order chi connectivity index (χ0) is 10.8. The van der Waals surface area contributed by atoms with E-state index in [1.165, 1.54) is 0 Å². The fourth-order valence-electron chi connectivity index (χ4n) is 1.46. The molecule has 15 heavy (non-hydrogen) atoms. The summed E-state index contributed by atoms with van der Waals surface area (Å²) in [6.45, 7) is 0.474. The van der Waals surface area contributed by atoms with Gasteiger partial charge in [-0.25, -0.2) is 5.90 Å². The number of aromatic hydroxyl groups is 1. The first-order valence-corrected chi connectivity index (χ1v) is 5.15. The van der Waals surface area contributed by atoms with Crippen molar-refractivity contribution < 1.29 is 19.4 Å². The standard InChI is InChI=1S/C9H10BrNO4/c10-6-3-7-9(14-4-13-7)5(8(6)12)1-2-15-11/h3,12H,1-2,4,11H2. The second-order valence-electron chi connectivity index (χ2n) is 3.04. The summed E-state index contributed by atoms with van der Waals surface area (Å²) in [4.78, 5) is 4.48. The third-order valence-corrected chi connectivity index (χ3v) is 2.76. The summed E-state index contributed by atoms with van der Waals surface area (Å²) in [6, 6.07) is 1.67. The van der Waals surface area contributed by atoms with E-state index in [1.54, 1.807) is 6.07 Å². The zero-order valence-corrected chi connectivity index (χ0v) is 9.41. The van der Waals surface area contributed by atoms with Gasteiger partial charge in [0.1, 0.15) is 5.75 Å². The number of rotatable bonds is 3. The van der Waals surface area contributed by atoms with Crippen molar-refractivity contribution >= 4 is 15.9 Å². The molecule has 1 aliphatic heterocycles. The number of benzene rings is 1. The van der Waals surface area contributed by atoms with Crippen LogP contribution in [0.25, 0.3) is 0 Å². The second kappa shape index (κ2) is 4.26. The van der Waals surface area contributed by atoms with Gasteiger partial charge in [-0.3, -0.25) is 0 Å². The quantitative estimate of drug-likeness (QED) is 0.814. The molecule has 0 aliphatic carbocycles. The van der Waals surface area contributed by atoms with Gasteiger partial charge in [-0.2, -0.15) is 0 Å². The van der Waals surface area contributed by atoms with Gasteiger partial charge < -0.3 is 19.4 Å². The first-order chi connectivity index (χ1) is 7.24. The highest BCUT2D eigenvalue weighted by Crippen LogP contribution is 2.44. The molecule has 0 bridgehead atoms. The van der Waals surface area contributed by atoms with Gasteiger partial charge in [0, 0.05) is 18.1 Å². The topological polar surface area (TPSA) is 73.9 Å². The minimum Gasteiger partial charge on any atom is -0.506 e. The van der Waals surface area contributed by atoms with Crippen LogP contribution in [0.5, 0.6) is 17.2 Å². The van der Waals surface area contributed by atoms with E-state index in [9.17, 15) is 5.11 Å². The minimum absolute atomic E-state index is 0.135. The molecule has 0 radical (unpaired) electrons. The molecule has 1 heterocycles. The Morgan fingerprint density at radius 1 is 1.53 bits per heavy atom. The van der Waals surface area contributed by atoms with Crippen molar-refractivity contribution in [3.05, 3.63) is 16.1 Å². The molecular weight excluding hydrogens is 266 g/mol. The van der Waals surface area contributed by atoms with E-state index in [1.807, 2.05) is 0 Å². The summed E-state index contributed by atoms with van der Waals surface area (Å²) in [5.74, 6) is 6.26. The highest BCUT2D eigenvalue weighted by molar-refractivity contribution is 9.10. The number of halogens is 1. The number of phenolic OH excluding ortho intramolecular Hbond substituents is 1. The lowest BCUT2D eigenvalue weighted by atomic mass is 10.1. The summed E-state index contributed by atoms with van der Waals surface area (Å²) >= 11 is 3.23. The maximum absolute atomic E-state index is 9.81. The van der Waals surface area contributed by atoms with E-state index < -0.39 is 0 Å². The zero-order valence-electron chi connectivity index (χ0n) is 7.83. The van der Waals surface area contributed by atoms with E-state index in [0.717, 1.165) is 0 Å². The van der Waals surface area contributed by atoms with Crippen LogP contribution in [-0.2, 0) is 11.3 Å². The lowest BCUT2D eigenvalue weighted by Gasteiger charge is -2.09. The van der Waals surface area contributed by atoms with Gasteiger partial charge in [-0.05, 0) is 15.9 Å². The number of phenols is 1. The van der Waals surface area contributed by atoms with Crippen molar-refractivity contribution in [2.45, 2.75) is 6.42 Å². The van der Waals surface area contributed by atoms with E-state index in [-0.39, 0.29) is 12.5 Å². The van der Waals surface area contributed by atoms with Gasteiger partial charge in [0.25, 0.3) is 0 Å². The smallest absolute Gasteiger partial charge is 0.231 e. The van der Waals surface area contributed by atoms with Gasteiger partial charge >= 0.3 is 0 Å². The monoisotopic (exact) mass is 275 g/mol. The third kappa shape index (κ3) is 1.88. The molecule has 6 heteroatoms. The molecule has 0 aromatic heterocycles. The van der Waals surface area contributed by atoms with E-state index in [4.69, 9.17) is 15.4 Å². The summed E-state index contributed by atoms with van der Waals surface area (Å²) in [5, 5.41) is 9.81. The fourth-order valence-corrected chi connectivity index (χ4v) is 1.91. The molecule has 1 aromatic rings. The van der Waals surface area contributed by atoms with Crippen molar-refractivity contribution in [2.24, 2.45) is 5.90 Å². The van der Waals surface area contributed by atoms with Crippen molar-refractivity contribution in [2.75, 3.05) is 13.4 Å². The van der Waals surface area contributed by atoms with Gasteiger partial charge in [-0.1, -0.05) is 0 Å². The van der Waals surface area contributed by atoms with Crippen LogP contribution in [0.4, 0.5) is 0 Å². The maximum Gasteiger partial charge on any atom is 0.231 e. The molecule has 1 aliphatic rings. The van der Waals surface area contributed by atoms with Crippen molar-refractivity contribution in [3.63, 3.8) is 0 Å². The van der Waals surface area contributed by atoms with Gasteiger partial charge in [0.2, 0.25) is 6.79 Å².